The molecule has 1 amide bonds. The summed E-state index contributed by atoms with van der Waals surface area (Å²) in [6, 6.07) is 15.9. The van der Waals surface area contributed by atoms with Crippen LogP contribution in [0.25, 0.3) is 11.1 Å². The van der Waals surface area contributed by atoms with Gasteiger partial charge in [-0.25, -0.2) is 4.79 Å². The van der Waals surface area contributed by atoms with Crippen molar-refractivity contribution in [1.29, 1.82) is 0 Å². The zero-order valence-electron chi connectivity index (χ0n) is 15.1. The van der Waals surface area contributed by atoms with Crippen molar-refractivity contribution in [2.75, 3.05) is 19.4 Å². The van der Waals surface area contributed by atoms with Gasteiger partial charge in [0.1, 0.15) is 0 Å². The van der Waals surface area contributed by atoms with Crippen LogP contribution in [0.5, 0.6) is 0 Å². The van der Waals surface area contributed by atoms with Crippen LogP contribution in [0.1, 0.15) is 29.3 Å². The SMILES string of the molecule is CCCc1ccc(-c2ccccc2C(=O)N2CCS[C@@H]2C(=O)OC)cc1. The zero-order chi connectivity index (χ0) is 18.5. The Bertz CT molecular complexity index is 788. The monoisotopic (exact) mass is 369 g/mol. The number of carbonyl (C=O) groups excluding carboxylic acids is 2. The number of ether oxygens (including phenoxy) is 1. The molecule has 0 bridgehead atoms. The van der Waals surface area contributed by atoms with E-state index >= 15 is 0 Å². The van der Waals surface area contributed by atoms with Gasteiger partial charge < -0.3 is 9.64 Å². The van der Waals surface area contributed by atoms with Crippen molar-refractivity contribution < 1.29 is 14.3 Å². The van der Waals surface area contributed by atoms with Gasteiger partial charge in [0, 0.05) is 17.9 Å². The number of hydrogen-bond acceptors (Lipinski definition) is 4. The maximum Gasteiger partial charge on any atom is 0.339 e. The number of amides is 1. The Morgan fingerprint density at radius 2 is 1.88 bits per heavy atom. The largest absolute Gasteiger partial charge is 0.467 e. The van der Waals surface area contributed by atoms with Crippen molar-refractivity contribution in [2.24, 2.45) is 0 Å². The van der Waals surface area contributed by atoms with E-state index in [1.54, 1.807) is 4.90 Å². The number of nitrogens with zero attached hydrogens (tertiary/aromatic N) is 1. The molecule has 3 rings (SSSR count). The van der Waals surface area contributed by atoms with Gasteiger partial charge in [-0.2, -0.15) is 0 Å². The molecule has 0 aliphatic carbocycles. The minimum Gasteiger partial charge on any atom is -0.467 e. The summed E-state index contributed by atoms with van der Waals surface area (Å²) in [4.78, 5) is 26.7. The van der Waals surface area contributed by atoms with Crippen LogP contribution in [0.15, 0.2) is 48.5 Å². The first-order valence-electron chi connectivity index (χ1n) is 8.84. The maximum atomic E-state index is 13.1. The summed E-state index contributed by atoms with van der Waals surface area (Å²) in [5.41, 5.74) is 3.81. The number of carbonyl (C=O) groups is 2. The molecule has 0 radical (unpaired) electrons. The molecule has 1 fully saturated rings. The van der Waals surface area contributed by atoms with Crippen LogP contribution in [0.4, 0.5) is 0 Å². The summed E-state index contributed by atoms with van der Waals surface area (Å²) in [5.74, 6) is 0.236. The molecule has 26 heavy (non-hydrogen) atoms. The highest BCUT2D eigenvalue weighted by Gasteiger charge is 2.36. The van der Waals surface area contributed by atoms with Gasteiger partial charge in [0.05, 0.1) is 7.11 Å². The Hall–Kier alpha value is -2.27. The van der Waals surface area contributed by atoms with E-state index in [1.165, 1.54) is 24.4 Å². The standard InChI is InChI=1S/C21H23NO3S/c1-3-6-15-9-11-16(12-10-15)17-7-4-5-8-18(17)19(23)22-13-14-26-20(22)21(24)25-2/h4-5,7-12,20H,3,6,13-14H2,1-2H3/t20-/m1/s1. The first-order valence-corrected chi connectivity index (χ1v) is 9.89. The molecule has 0 saturated carbocycles. The molecule has 4 nitrogen and oxygen atoms in total. The van der Waals surface area contributed by atoms with Gasteiger partial charge >= 0.3 is 5.97 Å². The summed E-state index contributed by atoms with van der Waals surface area (Å²) < 4.78 is 4.85. The Balaban J connectivity index is 1.91. The molecular formula is C21H23NO3S. The molecule has 0 N–H and O–H groups in total. The van der Waals surface area contributed by atoms with E-state index in [2.05, 4.69) is 31.2 Å². The van der Waals surface area contributed by atoms with Gasteiger partial charge in [0.2, 0.25) is 0 Å². The van der Waals surface area contributed by atoms with Gasteiger partial charge in [0.25, 0.3) is 5.91 Å². The summed E-state index contributed by atoms with van der Waals surface area (Å²) in [6.07, 6.45) is 2.16. The van der Waals surface area contributed by atoms with Crippen molar-refractivity contribution in [1.82, 2.24) is 4.90 Å². The van der Waals surface area contributed by atoms with Crippen molar-refractivity contribution in [2.45, 2.75) is 25.1 Å². The third-order valence-corrected chi connectivity index (χ3v) is 5.70. The van der Waals surface area contributed by atoms with E-state index in [1.807, 2.05) is 24.3 Å². The summed E-state index contributed by atoms with van der Waals surface area (Å²) >= 11 is 1.45. The van der Waals surface area contributed by atoms with Crippen LogP contribution in [-0.2, 0) is 16.0 Å². The summed E-state index contributed by atoms with van der Waals surface area (Å²) in [7, 11) is 1.36. The lowest BCUT2D eigenvalue weighted by Gasteiger charge is -2.23. The van der Waals surface area contributed by atoms with Gasteiger partial charge in [-0.1, -0.05) is 55.8 Å². The molecule has 1 aliphatic rings. The third kappa shape index (κ3) is 3.78. The lowest BCUT2D eigenvalue weighted by Crippen LogP contribution is -2.40. The topological polar surface area (TPSA) is 46.6 Å². The van der Waals surface area contributed by atoms with Gasteiger partial charge in [-0.15, -0.1) is 11.8 Å². The van der Waals surface area contributed by atoms with Crippen molar-refractivity contribution in [3.63, 3.8) is 0 Å². The predicted octanol–water partition coefficient (Wildman–Crippen LogP) is 3.99. The minimum atomic E-state index is -0.563. The van der Waals surface area contributed by atoms with E-state index in [9.17, 15) is 9.59 Å². The highest BCUT2D eigenvalue weighted by atomic mass is 32.2. The van der Waals surface area contributed by atoms with Crippen molar-refractivity contribution >= 4 is 23.6 Å². The Kier molecular flexibility index (Phi) is 5.99. The van der Waals surface area contributed by atoms with Crippen LogP contribution in [0.2, 0.25) is 0 Å². The smallest absolute Gasteiger partial charge is 0.339 e. The average Bonchev–Trinajstić information content (AvgIpc) is 3.17. The van der Waals surface area contributed by atoms with Crippen LogP contribution in [0, 0.1) is 0 Å². The highest BCUT2D eigenvalue weighted by Crippen LogP contribution is 2.30. The number of benzene rings is 2. The summed E-state index contributed by atoms with van der Waals surface area (Å²) in [5, 5.41) is -0.563. The number of hydrogen-bond donors (Lipinski definition) is 0. The number of esters is 1. The van der Waals surface area contributed by atoms with E-state index in [0.29, 0.717) is 12.1 Å². The molecular weight excluding hydrogens is 346 g/mol. The number of aryl methyl sites for hydroxylation is 1. The number of rotatable bonds is 5. The van der Waals surface area contributed by atoms with Crippen LogP contribution >= 0.6 is 11.8 Å². The second-order valence-electron chi connectivity index (χ2n) is 6.24. The molecule has 0 spiro atoms. The third-order valence-electron chi connectivity index (χ3n) is 4.52. The highest BCUT2D eigenvalue weighted by molar-refractivity contribution is 8.00. The van der Waals surface area contributed by atoms with Gasteiger partial charge in [-0.3, -0.25) is 4.79 Å². The predicted molar refractivity (Wildman–Crippen MR) is 105 cm³/mol. The fourth-order valence-corrected chi connectivity index (χ4v) is 4.33. The quantitative estimate of drug-likeness (QED) is 0.748. The first kappa shape index (κ1) is 18.5. The molecule has 5 heteroatoms. The Morgan fingerprint density at radius 3 is 2.58 bits per heavy atom. The maximum absolute atomic E-state index is 13.1. The molecule has 1 saturated heterocycles. The molecule has 1 aliphatic heterocycles. The van der Waals surface area contributed by atoms with E-state index < -0.39 is 5.37 Å². The van der Waals surface area contributed by atoms with E-state index in [0.717, 1.165) is 29.7 Å². The zero-order valence-corrected chi connectivity index (χ0v) is 15.9. The van der Waals surface area contributed by atoms with Crippen LogP contribution in [-0.4, -0.2) is 41.6 Å². The molecule has 0 aromatic heterocycles. The normalized spacial score (nSPS) is 16.5. The molecule has 1 heterocycles. The number of thioether (sulfide) groups is 1. The van der Waals surface area contributed by atoms with E-state index in [-0.39, 0.29) is 11.9 Å². The van der Waals surface area contributed by atoms with Gasteiger partial charge in [-0.05, 0) is 29.2 Å². The van der Waals surface area contributed by atoms with Crippen molar-refractivity contribution in [3.05, 3.63) is 59.7 Å². The lowest BCUT2D eigenvalue weighted by atomic mass is 9.97. The van der Waals surface area contributed by atoms with E-state index in [4.69, 9.17) is 4.74 Å². The van der Waals surface area contributed by atoms with Crippen LogP contribution in [0.3, 0.4) is 0 Å². The molecule has 2 aromatic carbocycles. The Morgan fingerprint density at radius 1 is 1.15 bits per heavy atom. The average molecular weight is 369 g/mol. The summed E-state index contributed by atoms with van der Waals surface area (Å²) in [6.45, 7) is 2.71. The molecule has 1 atom stereocenters. The molecule has 0 unspecified atom stereocenters. The fourth-order valence-electron chi connectivity index (χ4n) is 3.19. The van der Waals surface area contributed by atoms with Gasteiger partial charge in [0.15, 0.2) is 5.37 Å². The second-order valence-corrected chi connectivity index (χ2v) is 7.43. The minimum absolute atomic E-state index is 0.126. The fraction of sp³-hybridized carbons (Fsp3) is 0.333. The molecule has 136 valence electrons. The second kappa shape index (κ2) is 8.41. The molecule has 2 aromatic rings. The van der Waals surface area contributed by atoms with Crippen LogP contribution < -0.4 is 0 Å². The Labute approximate surface area is 158 Å². The number of methoxy groups -OCH3 is 1. The van der Waals surface area contributed by atoms with Crippen molar-refractivity contribution in [3.8, 4) is 11.1 Å². The lowest BCUT2D eigenvalue weighted by molar-refractivity contribution is -0.142. The first-order chi connectivity index (χ1) is 12.7.